The molecule has 1 aliphatic carbocycles. The predicted octanol–water partition coefficient (Wildman–Crippen LogP) is 0.997. The molecule has 1 saturated carbocycles. The lowest BCUT2D eigenvalue weighted by Gasteiger charge is -2.33. The Bertz CT molecular complexity index is 185. The van der Waals surface area contributed by atoms with Crippen LogP contribution >= 0.6 is 0 Å². The van der Waals surface area contributed by atoms with Crippen molar-refractivity contribution in [2.75, 3.05) is 40.3 Å². The highest BCUT2D eigenvalue weighted by Crippen LogP contribution is 2.40. The molecule has 0 amide bonds. The summed E-state index contributed by atoms with van der Waals surface area (Å²) >= 11 is 0. The number of nitrogens with zero attached hydrogens (tertiary/aromatic N) is 2. The summed E-state index contributed by atoms with van der Waals surface area (Å²) in [7, 11) is 4.27. The lowest BCUT2D eigenvalue weighted by atomic mass is 10.1. The number of rotatable bonds is 7. The Morgan fingerprint density at radius 3 is 2.13 bits per heavy atom. The monoisotopic (exact) mass is 213 g/mol. The van der Waals surface area contributed by atoms with E-state index in [1.165, 1.54) is 19.4 Å². The molecular weight excluding hydrogens is 186 g/mol. The molecule has 0 aromatic heterocycles. The molecule has 0 saturated heterocycles. The van der Waals surface area contributed by atoms with E-state index in [9.17, 15) is 0 Å². The van der Waals surface area contributed by atoms with Gasteiger partial charge >= 0.3 is 0 Å². The quantitative estimate of drug-likeness (QED) is 0.685. The van der Waals surface area contributed by atoms with Gasteiger partial charge in [0, 0.05) is 31.7 Å². The molecular formula is C12H27N3. The van der Waals surface area contributed by atoms with Crippen molar-refractivity contribution in [2.45, 2.75) is 32.2 Å². The van der Waals surface area contributed by atoms with Crippen LogP contribution in [0, 0.1) is 5.92 Å². The van der Waals surface area contributed by atoms with Crippen molar-refractivity contribution in [1.29, 1.82) is 0 Å². The fraction of sp³-hybridized carbons (Fsp3) is 1.00. The maximum Gasteiger partial charge on any atom is 0.0333 e. The van der Waals surface area contributed by atoms with E-state index in [-0.39, 0.29) is 0 Å². The molecule has 90 valence electrons. The van der Waals surface area contributed by atoms with Crippen LogP contribution in [0.4, 0.5) is 0 Å². The Kier molecular flexibility index (Phi) is 4.56. The van der Waals surface area contributed by atoms with E-state index in [4.69, 9.17) is 5.73 Å². The molecule has 2 N–H and O–H groups in total. The topological polar surface area (TPSA) is 32.5 Å². The van der Waals surface area contributed by atoms with Crippen LogP contribution in [0.2, 0.25) is 0 Å². The SMILES string of the molecule is CC(C)CN(CCN(C)C)C1(CN)CC1. The molecule has 0 unspecified atom stereocenters. The molecule has 0 radical (unpaired) electrons. The van der Waals surface area contributed by atoms with Crippen LogP contribution in [0.1, 0.15) is 26.7 Å². The van der Waals surface area contributed by atoms with E-state index in [2.05, 4.69) is 37.7 Å². The van der Waals surface area contributed by atoms with Gasteiger partial charge in [0.05, 0.1) is 0 Å². The molecule has 0 spiro atoms. The van der Waals surface area contributed by atoms with E-state index >= 15 is 0 Å². The summed E-state index contributed by atoms with van der Waals surface area (Å²) in [6, 6.07) is 0. The molecule has 0 heterocycles. The van der Waals surface area contributed by atoms with Crippen molar-refractivity contribution in [1.82, 2.24) is 9.80 Å². The normalized spacial score (nSPS) is 19.2. The highest BCUT2D eigenvalue weighted by molar-refractivity contribution is 5.04. The number of likely N-dealkylation sites (N-methyl/N-ethyl adjacent to an activating group) is 1. The maximum atomic E-state index is 5.90. The van der Waals surface area contributed by atoms with E-state index < -0.39 is 0 Å². The van der Waals surface area contributed by atoms with Gasteiger partial charge in [0.2, 0.25) is 0 Å². The summed E-state index contributed by atoms with van der Waals surface area (Å²) in [5.74, 6) is 0.733. The second kappa shape index (κ2) is 5.28. The van der Waals surface area contributed by atoms with Crippen molar-refractivity contribution >= 4 is 0 Å². The zero-order valence-corrected chi connectivity index (χ0v) is 10.8. The zero-order valence-electron chi connectivity index (χ0n) is 10.8. The average molecular weight is 213 g/mol. The third-order valence-corrected chi connectivity index (χ3v) is 3.28. The number of hydrogen-bond acceptors (Lipinski definition) is 3. The smallest absolute Gasteiger partial charge is 0.0333 e. The maximum absolute atomic E-state index is 5.90. The first kappa shape index (κ1) is 12.9. The van der Waals surface area contributed by atoms with E-state index in [1.54, 1.807) is 0 Å². The molecule has 3 heteroatoms. The van der Waals surface area contributed by atoms with Crippen molar-refractivity contribution < 1.29 is 0 Å². The molecule has 0 aliphatic heterocycles. The van der Waals surface area contributed by atoms with Crippen LogP contribution in [0.5, 0.6) is 0 Å². The lowest BCUT2D eigenvalue weighted by molar-refractivity contribution is 0.147. The fourth-order valence-corrected chi connectivity index (χ4v) is 2.08. The Balaban J connectivity index is 2.46. The van der Waals surface area contributed by atoms with Gasteiger partial charge in [-0.25, -0.2) is 0 Å². The minimum Gasteiger partial charge on any atom is -0.329 e. The molecule has 1 aliphatic rings. The Labute approximate surface area is 94.6 Å². The summed E-state index contributed by atoms with van der Waals surface area (Å²) in [5, 5.41) is 0. The molecule has 0 atom stereocenters. The molecule has 3 nitrogen and oxygen atoms in total. The summed E-state index contributed by atoms with van der Waals surface area (Å²) in [4.78, 5) is 4.86. The van der Waals surface area contributed by atoms with Gasteiger partial charge in [-0.15, -0.1) is 0 Å². The van der Waals surface area contributed by atoms with Crippen LogP contribution in [0.25, 0.3) is 0 Å². The van der Waals surface area contributed by atoms with Crippen LogP contribution < -0.4 is 5.73 Å². The first-order valence-electron chi connectivity index (χ1n) is 6.10. The van der Waals surface area contributed by atoms with Gasteiger partial charge in [0.25, 0.3) is 0 Å². The average Bonchev–Trinajstić information content (AvgIpc) is 2.92. The summed E-state index contributed by atoms with van der Waals surface area (Å²) < 4.78 is 0. The van der Waals surface area contributed by atoms with E-state index in [0.717, 1.165) is 25.6 Å². The molecule has 15 heavy (non-hydrogen) atoms. The van der Waals surface area contributed by atoms with E-state index in [0.29, 0.717) is 5.54 Å². The highest BCUT2D eigenvalue weighted by atomic mass is 15.3. The van der Waals surface area contributed by atoms with Gasteiger partial charge in [0.15, 0.2) is 0 Å². The number of nitrogens with two attached hydrogens (primary N) is 1. The van der Waals surface area contributed by atoms with Gasteiger partial charge in [-0.2, -0.15) is 0 Å². The first-order valence-corrected chi connectivity index (χ1v) is 6.10. The second-order valence-corrected chi connectivity index (χ2v) is 5.57. The number of hydrogen-bond donors (Lipinski definition) is 1. The highest BCUT2D eigenvalue weighted by Gasteiger charge is 2.46. The molecule has 1 rings (SSSR count). The van der Waals surface area contributed by atoms with Gasteiger partial charge < -0.3 is 10.6 Å². The molecule has 0 aromatic carbocycles. The third kappa shape index (κ3) is 3.74. The summed E-state index contributed by atoms with van der Waals surface area (Å²) in [6.45, 7) is 8.87. The lowest BCUT2D eigenvalue weighted by Crippen LogP contribution is -2.47. The predicted molar refractivity (Wildman–Crippen MR) is 66.0 cm³/mol. The van der Waals surface area contributed by atoms with Crippen molar-refractivity contribution in [3.05, 3.63) is 0 Å². The zero-order chi connectivity index (χ0) is 11.5. The van der Waals surface area contributed by atoms with Crippen LogP contribution in [-0.2, 0) is 0 Å². The van der Waals surface area contributed by atoms with Gasteiger partial charge in [-0.3, -0.25) is 4.90 Å². The van der Waals surface area contributed by atoms with Gasteiger partial charge in [0.1, 0.15) is 0 Å². The first-order chi connectivity index (χ1) is 7.00. The van der Waals surface area contributed by atoms with Crippen LogP contribution in [0.15, 0.2) is 0 Å². The summed E-state index contributed by atoms with van der Waals surface area (Å²) in [6.07, 6.45) is 2.59. The van der Waals surface area contributed by atoms with Gasteiger partial charge in [-0.05, 0) is 32.9 Å². The summed E-state index contributed by atoms with van der Waals surface area (Å²) in [5.41, 5.74) is 6.26. The minimum absolute atomic E-state index is 0.361. The van der Waals surface area contributed by atoms with Crippen molar-refractivity contribution in [3.63, 3.8) is 0 Å². The molecule has 1 fully saturated rings. The largest absolute Gasteiger partial charge is 0.329 e. The molecule has 0 aromatic rings. The minimum atomic E-state index is 0.361. The third-order valence-electron chi connectivity index (χ3n) is 3.28. The van der Waals surface area contributed by atoms with Gasteiger partial charge in [-0.1, -0.05) is 13.8 Å². The van der Waals surface area contributed by atoms with Crippen LogP contribution in [-0.4, -0.2) is 55.6 Å². The Morgan fingerprint density at radius 2 is 1.80 bits per heavy atom. The fourth-order valence-electron chi connectivity index (χ4n) is 2.08. The second-order valence-electron chi connectivity index (χ2n) is 5.57. The standard InChI is InChI=1S/C12H27N3/c1-11(2)9-15(8-7-14(3)4)12(10-13)5-6-12/h11H,5-10,13H2,1-4H3. The van der Waals surface area contributed by atoms with Crippen molar-refractivity contribution in [2.24, 2.45) is 11.7 Å². The Hall–Kier alpha value is -0.120. The Morgan fingerprint density at radius 1 is 1.20 bits per heavy atom. The van der Waals surface area contributed by atoms with E-state index in [1.807, 2.05) is 0 Å². The molecule has 0 bridgehead atoms. The van der Waals surface area contributed by atoms with Crippen molar-refractivity contribution in [3.8, 4) is 0 Å². The van der Waals surface area contributed by atoms with Crippen LogP contribution in [0.3, 0.4) is 0 Å².